The van der Waals surface area contributed by atoms with E-state index in [0.29, 0.717) is 11.3 Å². The molecule has 1 aliphatic carbocycles. The average Bonchev–Trinajstić information content (AvgIpc) is 2.38. The van der Waals surface area contributed by atoms with Crippen LogP contribution < -0.4 is 15.2 Å². The molecule has 2 unspecified atom stereocenters. The number of benzene rings is 1. The second kappa shape index (κ2) is 5.95. The molecule has 0 aliphatic heterocycles. The summed E-state index contributed by atoms with van der Waals surface area (Å²) in [4.78, 5) is 0. The first-order valence-corrected chi connectivity index (χ1v) is 6.78. The maximum absolute atomic E-state index is 7.52. The van der Waals surface area contributed by atoms with Gasteiger partial charge in [0.05, 0.1) is 13.2 Å². The van der Waals surface area contributed by atoms with Crippen LogP contribution in [0, 0.1) is 11.3 Å². The van der Waals surface area contributed by atoms with E-state index in [1.807, 2.05) is 12.1 Å². The summed E-state index contributed by atoms with van der Waals surface area (Å²) < 4.78 is 11.3. The lowest BCUT2D eigenvalue weighted by molar-refractivity contribution is 0.129. The van der Waals surface area contributed by atoms with Gasteiger partial charge in [0.1, 0.15) is 17.3 Å². The Labute approximate surface area is 114 Å². The molecule has 0 saturated heterocycles. The summed E-state index contributed by atoms with van der Waals surface area (Å²) in [5.74, 6) is 2.16. The summed E-state index contributed by atoms with van der Waals surface area (Å²) >= 11 is 0. The smallest absolute Gasteiger partial charge is 0.124 e. The Morgan fingerprint density at radius 2 is 2.00 bits per heavy atom. The third kappa shape index (κ3) is 3.63. The fourth-order valence-electron chi connectivity index (χ4n) is 2.59. The number of hydrogen-bond acceptors (Lipinski definition) is 3. The fraction of sp³-hybridized carbons (Fsp3) is 0.533. The summed E-state index contributed by atoms with van der Waals surface area (Å²) in [5.41, 5.74) is 6.17. The molecule has 4 heteroatoms. The van der Waals surface area contributed by atoms with Crippen LogP contribution in [0.5, 0.6) is 11.5 Å². The van der Waals surface area contributed by atoms with Gasteiger partial charge in [-0.1, -0.05) is 13.3 Å². The zero-order valence-electron chi connectivity index (χ0n) is 11.6. The summed E-state index contributed by atoms with van der Waals surface area (Å²) in [5, 5.41) is 7.52. The maximum Gasteiger partial charge on any atom is 0.124 e. The molecule has 0 heterocycles. The molecule has 104 valence electrons. The van der Waals surface area contributed by atoms with E-state index >= 15 is 0 Å². The van der Waals surface area contributed by atoms with Crippen molar-refractivity contribution in [2.24, 2.45) is 11.7 Å². The normalized spacial score (nSPS) is 22.8. The Hall–Kier alpha value is -1.71. The van der Waals surface area contributed by atoms with Crippen LogP contribution in [0.25, 0.3) is 0 Å². The van der Waals surface area contributed by atoms with E-state index < -0.39 is 0 Å². The van der Waals surface area contributed by atoms with Crippen molar-refractivity contribution >= 4 is 5.84 Å². The first kappa shape index (κ1) is 13.7. The number of ether oxygens (including phenoxy) is 2. The zero-order chi connectivity index (χ0) is 13.8. The first-order chi connectivity index (χ1) is 9.08. The van der Waals surface area contributed by atoms with E-state index in [1.165, 1.54) is 12.8 Å². The molecule has 1 aromatic carbocycles. The van der Waals surface area contributed by atoms with Crippen LogP contribution in [0.4, 0.5) is 0 Å². The van der Waals surface area contributed by atoms with E-state index in [-0.39, 0.29) is 11.9 Å². The second-order valence-corrected chi connectivity index (χ2v) is 5.32. The number of nitrogens with one attached hydrogen (secondary N) is 1. The van der Waals surface area contributed by atoms with Gasteiger partial charge in [-0.3, -0.25) is 5.41 Å². The summed E-state index contributed by atoms with van der Waals surface area (Å²) in [6, 6.07) is 5.41. The molecular weight excluding hydrogens is 240 g/mol. The van der Waals surface area contributed by atoms with Crippen molar-refractivity contribution < 1.29 is 9.47 Å². The zero-order valence-corrected chi connectivity index (χ0v) is 11.6. The van der Waals surface area contributed by atoms with Gasteiger partial charge in [-0.15, -0.1) is 0 Å². The second-order valence-electron chi connectivity index (χ2n) is 5.32. The Morgan fingerprint density at radius 1 is 1.26 bits per heavy atom. The highest BCUT2D eigenvalue weighted by Crippen LogP contribution is 2.29. The van der Waals surface area contributed by atoms with Crippen LogP contribution in [-0.2, 0) is 0 Å². The standard InChI is InChI=1S/C15H22N2O2/c1-10-4-3-5-12(6-10)19-14-8-11(15(16)17)7-13(9-14)18-2/h7-10,12H,3-6H2,1-2H3,(H3,16,17). The van der Waals surface area contributed by atoms with E-state index in [0.717, 1.165) is 24.5 Å². The number of nitrogen functional groups attached to an aromatic ring is 1. The van der Waals surface area contributed by atoms with E-state index in [2.05, 4.69) is 6.92 Å². The average molecular weight is 262 g/mol. The van der Waals surface area contributed by atoms with Gasteiger partial charge < -0.3 is 15.2 Å². The molecule has 2 atom stereocenters. The van der Waals surface area contributed by atoms with Gasteiger partial charge in [0.15, 0.2) is 0 Å². The molecule has 0 bridgehead atoms. The van der Waals surface area contributed by atoms with Crippen molar-refractivity contribution in [1.82, 2.24) is 0 Å². The minimum absolute atomic E-state index is 0.0285. The van der Waals surface area contributed by atoms with Gasteiger partial charge >= 0.3 is 0 Å². The van der Waals surface area contributed by atoms with E-state index in [4.69, 9.17) is 20.6 Å². The predicted octanol–water partition coefficient (Wildman–Crippen LogP) is 2.94. The van der Waals surface area contributed by atoms with E-state index in [9.17, 15) is 0 Å². The number of amidine groups is 1. The lowest BCUT2D eigenvalue weighted by Gasteiger charge is -2.27. The minimum Gasteiger partial charge on any atom is -0.497 e. The molecular formula is C15H22N2O2. The van der Waals surface area contributed by atoms with Crippen molar-refractivity contribution in [3.05, 3.63) is 23.8 Å². The number of nitrogens with two attached hydrogens (primary N) is 1. The number of hydrogen-bond donors (Lipinski definition) is 2. The molecule has 0 radical (unpaired) electrons. The molecule has 1 fully saturated rings. The number of rotatable bonds is 4. The molecule has 0 aromatic heterocycles. The molecule has 3 N–H and O–H groups in total. The van der Waals surface area contributed by atoms with Crippen molar-refractivity contribution in [3.8, 4) is 11.5 Å². The fourth-order valence-corrected chi connectivity index (χ4v) is 2.59. The van der Waals surface area contributed by atoms with Gasteiger partial charge in [-0.05, 0) is 37.3 Å². The van der Waals surface area contributed by atoms with Crippen LogP contribution in [0.3, 0.4) is 0 Å². The molecule has 0 spiro atoms. The predicted molar refractivity (Wildman–Crippen MR) is 76.1 cm³/mol. The summed E-state index contributed by atoms with van der Waals surface area (Å²) in [6.07, 6.45) is 4.95. The van der Waals surface area contributed by atoms with Crippen LogP contribution >= 0.6 is 0 Å². The monoisotopic (exact) mass is 262 g/mol. The van der Waals surface area contributed by atoms with Crippen molar-refractivity contribution in [3.63, 3.8) is 0 Å². The van der Waals surface area contributed by atoms with Gasteiger partial charge in [-0.25, -0.2) is 0 Å². The molecule has 1 aromatic rings. The van der Waals surface area contributed by atoms with E-state index in [1.54, 1.807) is 13.2 Å². The summed E-state index contributed by atoms with van der Waals surface area (Å²) in [6.45, 7) is 2.27. The lowest BCUT2D eigenvalue weighted by Crippen LogP contribution is -2.24. The van der Waals surface area contributed by atoms with Gasteiger partial charge in [0, 0.05) is 11.6 Å². The van der Waals surface area contributed by atoms with Gasteiger partial charge in [0.25, 0.3) is 0 Å². The first-order valence-electron chi connectivity index (χ1n) is 6.78. The quantitative estimate of drug-likeness (QED) is 0.647. The summed E-state index contributed by atoms with van der Waals surface area (Å²) in [7, 11) is 1.60. The Morgan fingerprint density at radius 3 is 2.63 bits per heavy atom. The largest absolute Gasteiger partial charge is 0.497 e. The molecule has 1 saturated carbocycles. The highest BCUT2D eigenvalue weighted by Gasteiger charge is 2.20. The topological polar surface area (TPSA) is 68.3 Å². The van der Waals surface area contributed by atoms with Crippen molar-refractivity contribution in [1.29, 1.82) is 5.41 Å². The number of methoxy groups -OCH3 is 1. The lowest BCUT2D eigenvalue weighted by atomic mass is 9.89. The molecule has 2 rings (SSSR count). The van der Waals surface area contributed by atoms with Crippen LogP contribution in [0.2, 0.25) is 0 Å². The molecule has 4 nitrogen and oxygen atoms in total. The highest BCUT2D eigenvalue weighted by atomic mass is 16.5. The van der Waals surface area contributed by atoms with Crippen LogP contribution in [-0.4, -0.2) is 19.0 Å². The molecule has 1 aliphatic rings. The van der Waals surface area contributed by atoms with Crippen LogP contribution in [0.1, 0.15) is 38.2 Å². The van der Waals surface area contributed by atoms with Gasteiger partial charge in [-0.2, -0.15) is 0 Å². The SMILES string of the molecule is COc1cc(OC2CCCC(C)C2)cc(C(=N)N)c1. The van der Waals surface area contributed by atoms with Crippen LogP contribution in [0.15, 0.2) is 18.2 Å². The Bertz CT molecular complexity index is 459. The third-order valence-electron chi connectivity index (χ3n) is 3.62. The van der Waals surface area contributed by atoms with Crippen molar-refractivity contribution in [2.75, 3.05) is 7.11 Å². The highest BCUT2D eigenvalue weighted by molar-refractivity contribution is 5.95. The Balaban J connectivity index is 2.14. The Kier molecular flexibility index (Phi) is 4.30. The van der Waals surface area contributed by atoms with Crippen molar-refractivity contribution in [2.45, 2.75) is 38.7 Å². The maximum atomic E-state index is 7.52. The molecule has 19 heavy (non-hydrogen) atoms. The van der Waals surface area contributed by atoms with Gasteiger partial charge in [0.2, 0.25) is 0 Å². The minimum atomic E-state index is 0.0285. The third-order valence-corrected chi connectivity index (χ3v) is 3.62. The molecule has 0 amide bonds.